The average molecular weight is 347 g/mol. The summed E-state index contributed by atoms with van der Waals surface area (Å²) in [5.74, 6) is 0.0395. The molecule has 0 amide bonds. The molecule has 0 radical (unpaired) electrons. The zero-order valence-electron chi connectivity index (χ0n) is 13.2. The Balaban J connectivity index is 1.85. The second-order valence-electron chi connectivity index (χ2n) is 6.18. The van der Waals surface area contributed by atoms with Crippen molar-refractivity contribution in [1.29, 1.82) is 0 Å². The van der Waals surface area contributed by atoms with Gasteiger partial charge in [0.25, 0.3) is 5.56 Å². The topological polar surface area (TPSA) is 58.3 Å². The fraction of sp³-hybridized carbons (Fsp3) is 0.438. The zero-order chi connectivity index (χ0) is 16.7. The van der Waals surface area contributed by atoms with Crippen LogP contribution in [0.5, 0.6) is 0 Å². The van der Waals surface area contributed by atoms with Crippen LogP contribution in [-0.4, -0.2) is 43.7 Å². The lowest BCUT2D eigenvalue weighted by atomic mass is 10.1. The summed E-state index contributed by atoms with van der Waals surface area (Å²) in [7, 11) is 0. The van der Waals surface area contributed by atoms with Gasteiger partial charge in [0.15, 0.2) is 0 Å². The number of likely N-dealkylation sites (tertiary alicyclic amines) is 1. The molecule has 1 saturated heterocycles. The molecule has 1 aliphatic rings. The number of benzene rings is 1. The molecule has 0 aliphatic carbocycles. The van der Waals surface area contributed by atoms with Gasteiger partial charge in [0.2, 0.25) is 10.5 Å². The monoisotopic (exact) mass is 347 g/mol. The van der Waals surface area contributed by atoms with Crippen LogP contribution in [0.3, 0.4) is 0 Å². The van der Waals surface area contributed by atoms with Crippen LogP contribution in [0.1, 0.15) is 19.3 Å². The predicted molar refractivity (Wildman–Crippen MR) is 92.4 cm³/mol. The highest BCUT2D eigenvalue weighted by atomic mass is 32.1. The van der Waals surface area contributed by atoms with E-state index < -0.39 is 5.82 Å². The minimum absolute atomic E-state index is 0.233. The van der Waals surface area contributed by atoms with E-state index in [9.17, 15) is 9.18 Å². The molecular formula is C16H18FN5OS. The average Bonchev–Trinajstić information content (AvgIpc) is 2.97. The third kappa shape index (κ3) is 2.55. The molecule has 1 N–H and O–H groups in total. The normalized spacial score (nSPS) is 16.2. The Morgan fingerprint density at radius 3 is 2.79 bits per heavy atom. The van der Waals surface area contributed by atoms with Gasteiger partial charge in [0.05, 0.1) is 10.9 Å². The van der Waals surface area contributed by atoms with Gasteiger partial charge in [-0.05, 0) is 56.3 Å². The predicted octanol–water partition coefficient (Wildman–Crippen LogP) is 2.33. The highest BCUT2D eigenvalue weighted by molar-refractivity contribution is 7.71. The second kappa shape index (κ2) is 6.10. The Morgan fingerprint density at radius 1 is 1.21 bits per heavy atom. The fourth-order valence-electron chi connectivity index (χ4n) is 3.42. The molecule has 2 aromatic heterocycles. The lowest BCUT2D eigenvalue weighted by Crippen LogP contribution is -2.35. The fourth-order valence-corrected chi connectivity index (χ4v) is 3.65. The minimum Gasteiger partial charge on any atom is -0.302 e. The highest BCUT2D eigenvalue weighted by Crippen LogP contribution is 2.15. The zero-order valence-corrected chi connectivity index (χ0v) is 14.0. The summed E-state index contributed by atoms with van der Waals surface area (Å²) in [6.45, 7) is 3.39. The Morgan fingerprint density at radius 2 is 2.00 bits per heavy atom. The summed E-state index contributed by atoms with van der Waals surface area (Å²) in [6, 6.07) is 4.16. The van der Waals surface area contributed by atoms with Crippen molar-refractivity contribution in [3.05, 3.63) is 39.1 Å². The van der Waals surface area contributed by atoms with Gasteiger partial charge in [-0.15, -0.1) is 5.10 Å². The number of H-pyrrole nitrogens is 1. The van der Waals surface area contributed by atoms with Crippen molar-refractivity contribution in [3.8, 4) is 0 Å². The second-order valence-corrected chi connectivity index (χ2v) is 6.57. The Bertz CT molecular complexity index is 1010. The molecule has 3 heterocycles. The Kier molecular flexibility index (Phi) is 3.93. The van der Waals surface area contributed by atoms with Crippen LogP contribution < -0.4 is 5.56 Å². The van der Waals surface area contributed by atoms with Crippen LogP contribution in [0.15, 0.2) is 23.0 Å². The Labute approximate surface area is 142 Å². The largest absolute Gasteiger partial charge is 0.302 e. The molecule has 24 heavy (non-hydrogen) atoms. The molecule has 0 atom stereocenters. The number of aromatic nitrogens is 4. The molecule has 6 nitrogen and oxygen atoms in total. The van der Waals surface area contributed by atoms with Crippen molar-refractivity contribution in [2.24, 2.45) is 0 Å². The van der Waals surface area contributed by atoms with Gasteiger partial charge in [0.1, 0.15) is 5.82 Å². The summed E-state index contributed by atoms with van der Waals surface area (Å²) >= 11 is 5.28. The van der Waals surface area contributed by atoms with Crippen LogP contribution in [0.2, 0.25) is 0 Å². The van der Waals surface area contributed by atoms with E-state index in [4.69, 9.17) is 12.2 Å². The van der Waals surface area contributed by atoms with Gasteiger partial charge >= 0.3 is 0 Å². The van der Waals surface area contributed by atoms with E-state index in [0.29, 0.717) is 28.0 Å². The molecule has 1 aromatic carbocycles. The lowest BCUT2D eigenvalue weighted by Gasteiger charge is -2.26. The van der Waals surface area contributed by atoms with E-state index in [-0.39, 0.29) is 5.56 Å². The number of halogens is 1. The first kappa shape index (κ1) is 15.5. The number of piperidine rings is 1. The van der Waals surface area contributed by atoms with Crippen molar-refractivity contribution >= 4 is 28.9 Å². The van der Waals surface area contributed by atoms with E-state index in [1.807, 2.05) is 0 Å². The molecule has 0 spiro atoms. The summed E-state index contributed by atoms with van der Waals surface area (Å²) < 4.78 is 17.3. The van der Waals surface area contributed by atoms with Crippen LogP contribution in [-0.2, 0) is 6.54 Å². The number of fused-ring (bicyclic) bond motifs is 3. The van der Waals surface area contributed by atoms with E-state index >= 15 is 0 Å². The quantitative estimate of drug-likeness (QED) is 0.739. The molecule has 8 heteroatoms. The van der Waals surface area contributed by atoms with E-state index in [0.717, 1.165) is 19.6 Å². The summed E-state index contributed by atoms with van der Waals surface area (Å²) in [4.78, 5) is 15.2. The van der Waals surface area contributed by atoms with Crippen molar-refractivity contribution in [2.75, 3.05) is 19.6 Å². The number of hydrogen-bond donors (Lipinski definition) is 1. The molecule has 126 valence electrons. The number of nitrogens with one attached hydrogen (secondary N) is 1. The minimum atomic E-state index is -0.434. The lowest BCUT2D eigenvalue weighted by molar-refractivity contribution is 0.220. The molecule has 0 saturated carbocycles. The van der Waals surface area contributed by atoms with Gasteiger partial charge < -0.3 is 4.90 Å². The third-order valence-corrected chi connectivity index (χ3v) is 4.93. The highest BCUT2D eigenvalue weighted by Gasteiger charge is 2.16. The van der Waals surface area contributed by atoms with Crippen LogP contribution in [0, 0.1) is 10.6 Å². The van der Waals surface area contributed by atoms with E-state index in [2.05, 4.69) is 15.1 Å². The van der Waals surface area contributed by atoms with Gasteiger partial charge in [-0.2, -0.15) is 0 Å². The maximum absolute atomic E-state index is 13.6. The van der Waals surface area contributed by atoms with Gasteiger partial charge in [-0.25, -0.2) is 9.49 Å². The molecule has 1 aliphatic heterocycles. The summed E-state index contributed by atoms with van der Waals surface area (Å²) in [5, 5.41) is 7.27. The van der Waals surface area contributed by atoms with Gasteiger partial charge in [0, 0.05) is 13.1 Å². The molecule has 4 rings (SSSR count). The van der Waals surface area contributed by atoms with Gasteiger partial charge in [-0.3, -0.25) is 13.8 Å². The van der Waals surface area contributed by atoms with Crippen molar-refractivity contribution < 1.29 is 4.39 Å². The van der Waals surface area contributed by atoms with E-state index in [1.165, 1.54) is 31.4 Å². The maximum atomic E-state index is 13.6. The SMILES string of the molecule is O=c1c2cc(F)ccc2n2c(=S)[nH]nc2n1CCN1CCCCC1. The summed E-state index contributed by atoms with van der Waals surface area (Å²) in [6.07, 6.45) is 3.66. The smallest absolute Gasteiger partial charge is 0.262 e. The first-order chi connectivity index (χ1) is 11.6. The van der Waals surface area contributed by atoms with Crippen molar-refractivity contribution in [2.45, 2.75) is 25.8 Å². The first-order valence-corrected chi connectivity index (χ1v) is 8.57. The first-order valence-electron chi connectivity index (χ1n) is 8.17. The van der Waals surface area contributed by atoms with Crippen molar-refractivity contribution in [3.63, 3.8) is 0 Å². The van der Waals surface area contributed by atoms with Crippen LogP contribution in [0.4, 0.5) is 4.39 Å². The summed E-state index contributed by atoms with van der Waals surface area (Å²) in [5.41, 5.74) is 0.340. The van der Waals surface area contributed by atoms with Crippen LogP contribution in [0.25, 0.3) is 16.7 Å². The standard InChI is InChI=1S/C16H18FN5OS/c17-11-4-5-13-12(10-11)14(23)21(15-18-19-16(24)22(13)15)9-8-20-6-2-1-3-7-20/h4-5,10H,1-3,6-9H2,(H,19,24). The van der Waals surface area contributed by atoms with Crippen molar-refractivity contribution in [1.82, 2.24) is 24.1 Å². The number of hydrogen-bond acceptors (Lipinski definition) is 4. The number of rotatable bonds is 3. The number of nitrogens with zero attached hydrogens (tertiary/aromatic N) is 4. The maximum Gasteiger partial charge on any atom is 0.262 e. The number of aromatic amines is 1. The molecule has 3 aromatic rings. The molecule has 0 unspecified atom stereocenters. The van der Waals surface area contributed by atoms with Crippen LogP contribution >= 0.6 is 12.2 Å². The Hall–Kier alpha value is -2.06. The van der Waals surface area contributed by atoms with E-state index in [1.54, 1.807) is 15.0 Å². The third-order valence-electron chi connectivity index (χ3n) is 4.66. The molecular weight excluding hydrogens is 329 g/mol. The molecule has 1 fully saturated rings. The van der Waals surface area contributed by atoms with Gasteiger partial charge in [-0.1, -0.05) is 6.42 Å². The molecule has 0 bridgehead atoms.